The van der Waals surface area contributed by atoms with Gasteiger partial charge in [0.15, 0.2) is 0 Å². The highest BCUT2D eigenvalue weighted by atomic mass is 32.1. The second-order valence-corrected chi connectivity index (χ2v) is 12.1. The number of thiophene rings is 1. The number of carboxylic acids is 2. The number of amides is 3. The lowest BCUT2D eigenvalue weighted by atomic mass is 9.81. The lowest BCUT2D eigenvalue weighted by Gasteiger charge is -2.37. The molecule has 1 heterocycles. The van der Waals surface area contributed by atoms with Gasteiger partial charge in [-0.15, -0.1) is 11.3 Å². The molecule has 11 nitrogen and oxygen atoms in total. The molecule has 0 saturated carbocycles. The maximum Gasteiger partial charge on any atom is 0.326 e. The van der Waals surface area contributed by atoms with Crippen molar-refractivity contribution in [1.29, 1.82) is 0 Å². The van der Waals surface area contributed by atoms with Crippen LogP contribution in [0.1, 0.15) is 59.3 Å². The fourth-order valence-corrected chi connectivity index (χ4v) is 4.84. The minimum atomic E-state index is -1.35. The Morgan fingerprint density at radius 1 is 1.05 bits per heavy atom. The second kappa shape index (κ2) is 14.2. The Labute approximate surface area is 234 Å². The summed E-state index contributed by atoms with van der Waals surface area (Å²) in [6.45, 7) is 11.0. The molecule has 1 aromatic rings. The Bertz CT molecular complexity index is 1060. The first-order chi connectivity index (χ1) is 17.9. The first-order valence-corrected chi connectivity index (χ1v) is 13.5. The Balaban J connectivity index is 2.98. The van der Waals surface area contributed by atoms with Crippen LogP contribution in [0.3, 0.4) is 0 Å². The van der Waals surface area contributed by atoms with Gasteiger partial charge in [-0.05, 0) is 37.3 Å². The van der Waals surface area contributed by atoms with Crippen molar-refractivity contribution in [1.82, 2.24) is 20.9 Å². The van der Waals surface area contributed by atoms with E-state index in [0.717, 1.165) is 4.88 Å². The zero-order valence-electron chi connectivity index (χ0n) is 24.0. The number of aliphatic carboxylic acids is 2. The molecule has 0 aliphatic heterocycles. The number of likely N-dealkylation sites (N-methyl/N-ethyl adjacent to an activating group) is 2. The molecule has 1 rings (SSSR count). The summed E-state index contributed by atoms with van der Waals surface area (Å²) in [7, 11) is 3.25. The van der Waals surface area contributed by atoms with Gasteiger partial charge in [-0.2, -0.15) is 0 Å². The number of rotatable bonds is 14. The van der Waals surface area contributed by atoms with Crippen LogP contribution in [-0.4, -0.2) is 83.5 Å². The Morgan fingerprint density at radius 2 is 1.67 bits per heavy atom. The van der Waals surface area contributed by atoms with E-state index in [2.05, 4.69) is 16.0 Å². The van der Waals surface area contributed by atoms with Gasteiger partial charge in [0.1, 0.15) is 12.1 Å². The fraction of sp³-hybridized carbons (Fsp3) is 0.593. The molecule has 1 aromatic heterocycles. The maximum absolute atomic E-state index is 13.4. The van der Waals surface area contributed by atoms with E-state index in [9.17, 15) is 29.1 Å². The molecular weight excluding hydrogens is 524 g/mol. The van der Waals surface area contributed by atoms with Crippen molar-refractivity contribution in [2.45, 2.75) is 77.9 Å². The molecule has 0 spiro atoms. The van der Waals surface area contributed by atoms with Gasteiger partial charge in [-0.25, -0.2) is 4.79 Å². The molecule has 0 aliphatic carbocycles. The van der Waals surface area contributed by atoms with Gasteiger partial charge in [0.05, 0.1) is 6.04 Å². The second-order valence-electron chi connectivity index (χ2n) is 11.1. The molecule has 39 heavy (non-hydrogen) atoms. The fourth-order valence-electron chi connectivity index (χ4n) is 3.96. The highest BCUT2D eigenvalue weighted by molar-refractivity contribution is 7.10. The third-order valence-electron chi connectivity index (χ3n) is 6.48. The van der Waals surface area contributed by atoms with Gasteiger partial charge in [-0.3, -0.25) is 19.2 Å². The van der Waals surface area contributed by atoms with E-state index in [4.69, 9.17) is 5.11 Å². The third-order valence-corrected chi connectivity index (χ3v) is 7.69. The molecule has 3 amide bonds. The van der Waals surface area contributed by atoms with Crippen LogP contribution < -0.4 is 16.0 Å². The first-order valence-electron chi connectivity index (χ1n) is 12.6. The van der Waals surface area contributed by atoms with Crippen LogP contribution in [0.5, 0.6) is 0 Å². The Hall–Kier alpha value is -3.25. The minimum Gasteiger partial charge on any atom is -0.481 e. The summed E-state index contributed by atoms with van der Waals surface area (Å²) in [6.07, 6.45) is 0.809. The van der Waals surface area contributed by atoms with Crippen molar-refractivity contribution < 1.29 is 34.2 Å². The Morgan fingerprint density at radius 3 is 2.13 bits per heavy atom. The number of hydrogen-bond donors (Lipinski definition) is 5. The van der Waals surface area contributed by atoms with Crippen molar-refractivity contribution in [2.75, 3.05) is 20.6 Å². The predicted octanol–water partition coefficient (Wildman–Crippen LogP) is 1.98. The molecule has 0 fully saturated rings. The molecule has 0 saturated heterocycles. The Kier molecular flexibility index (Phi) is 12.3. The summed E-state index contributed by atoms with van der Waals surface area (Å²) >= 11 is 1.55. The standard InChI is InChI=1S/C27H42N4O7S/c1-16(22(34)29-17(25(37)38)11-12-19(32)33)13-14-31(8)24(36)21(26(2,3)4)30-23(35)20(28-7)27(5,6)18-10-9-15-39-18/h9-10,13,15,17,20-21,28H,11-12,14H2,1-8H3,(H,29,34)(H,30,35)(H,32,33)(H,37,38)/b16-13+. The van der Waals surface area contributed by atoms with Crippen molar-refractivity contribution in [3.8, 4) is 0 Å². The van der Waals surface area contributed by atoms with Crippen molar-refractivity contribution in [3.63, 3.8) is 0 Å². The average molecular weight is 567 g/mol. The molecule has 0 bridgehead atoms. The highest BCUT2D eigenvalue weighted by Crippen LogP contribution is 2.31. The number of nitrogens with one attached hydrogen (secondary N) is 3. The normalized spacial score (nSPS) is 14.6. The van der Waals surface area contributed by atoms with Gasteiger partial charge in [0.2, 0.25) is 17.7 Å². The minimum absolute atomic E-state index is 0.0313. The SMILES string of the molecule is CNC(C(=O)NC(C(=O)N(C)C/C=C(\C)C(=O)NC(CCC(=O)O)C(=O)O)C(C)(C)C)C(C)(C)c1cccs1. The number of carbonyl (C=O) groups excluding carboxylic acids is 3. The van der Waals surface area contributed by atoms with E-state index < -0.39 is 53.2 Å². The molecule has 0 aliphatic rings. The van der Waals surface area contributed by atoms with Crippen LogP contribution in [0.4, 0.5) is 0 Å². The molecule has 0 aromatic carbocycles. The summed E-state index contributed by atoms with van der Waals surface area (Å²) in [6, 6.07) is 1.08. The summed E-state index contributed by atoms with van der Waals surface area (Å²) < 4.78 is 0. The topological polar surface area (TPSA) is 165 Å². The van der Waals surface area contributed by atoms with Crippen molar-refractivity contribution in [3.05, 3.63) is 34.0 Å². The van der Waals surface area contributed by atoms with Crippen LogP contribution in [0.25, 0.3) is 0 Å². The number of hydrogen-bond acceptors (Lipinski definition) is 7. The van der Waals surface area contributed by atoms with Crippen LogP contribution >= 0.6 is 11.3 Å². The van der Waals surface area contributed by atoms with Gasteiger partial charge < -0.3 is 31.1 Å². The van der Waals surface area contributed by atoms with Gasteiger partial charge in [-0.1, -0.05) is 46.8 Å². The van der Waals surface area contributed by atoms with Crippen molar-refractivity contribution >= 4 is 41.0 Å². The number of carbonyl (C=O) groups is 5. The van der Waals surface area contributed by atoms with Gasteiger partial charge >= 0.3 is 11.9 Å². The average Bonchev–Trinajstić information content (AvgIpc) is 3.38. The predicted molar refractivity (Wildman–Crippen MR) is 149 cm³/mol. The lowest BCUT2D eigenvalue weighted by Crippen LogP contribution is -2.60. The molecule has 218 valence electrons. The van der Waals surface area contributed by atoms with Crippen LogP contribution in [0.2, 0.25) is 0 Å². The summed E-state index contributed by atoms with van der Waals surface area (Å²) in [5.74, 6) is -3.85. The summed E-state index contributed by atoms with van der Waals surface area (Å²) in [4.78, 5) is 63.9. The molecule has 3 atom stereocenters. The molecule has 5 N–H and O–H groups in total. The van der Waals surface area contributed by atoms with E-state index in [1.807, 2.05) is 52.1 Å². The monoisotopic (exact) mass is 566 g/mol. The summed E-state index contributed by atoms with van der Waals surface area (Å²) in [5.41, 5.74) is -0.988. The third kappa shape index (κ3) is 9.77. The van der Waals surface area contributed by atoms with E-state index in [0.29, 0.717) is 0 Å². The van der Waals surface area contributed by atoms with Gasteiger partial charge in [0.25, 0.3) is 0 Å². The quantitative estimate of drug-likeness (QED) is 0.213. The van der Waals surface area contributed by atoms with Crippen LogP contribution in [0, 0.1) is 5.41 Å². The molecular formula is C27H42N4O7S. The zero-order chi connectivity index (χ0) is 30.1. The van der Waals surface area contributed by atoms with E-state index in [1.54, 1.807) is 25.4 Å². The van der Waals surface area contributed by atoms with Crippen LogP contribution in [0.15, 0.2) is 29.2 Å². The van der Waals surface area contributed by atoms with Crippen LogP contribution in [-0.2, 0) is 29.4 Å². The molecule has 12 heteroatoms. The maximum atomic E-state index is 13.4. The number of nitrogens with zero attached hydrogens (tertiary/aromatic N) is 1. The summed E-state index contributed by atoms with van der Waals surface area (Å²) in [5, 5.41) is 28.3. The highest BCUT2D eigenvalue weighted by Gasteiger charge is 2.41. The van der Waals surface area contributed by atoms with E-state index in [1.165, 1.54) is 17.9 Å². The first kappa shape index (κ1) is 33.8. The largest absolute Gasteiger partial charge is 0.481 e. The lowest BCUT2D eigenvalue weighted by molar-refractivity contribution is -0.142. The van der Waals surface area contributed by atoms with E-state index in [-0.39, 0.29) is 30.4 Å². The number of carboxylic acid groups (broad SMARTS) is 2. The zero-order valence-corrected chi connectivity index (χ0v) is 24.8. The molecule has 3 unspecified atom stereocenters. The smallest absolute Gasteiger partial charge is 0.326 e. The molecule has 0 radical (unpaired) electrons. The van der Waals surface area contributed by atoms with E-state index >= 15 is 0 Å². The van der Waals surface area contributed by atoms with Crippen molar-refractivity contribution in [2.24, 2.45) is 5.41 Å². The van der Waals surface area contributed by atoms with Gasteiger partial charge in [0, 0.05) is 35.9 Å².